The first-order valence-corrected chi connectivity index (χ1v) is 15.8. The van der Waals surface area contributed by atoms with Gasteiger partial charge >= 0.3 is 12.1 Å². The number of carbonyl (C=O) groups excluding carboxylic acids is 4. The molecule has 3 amide bonds. The monoisotopic (exact) mass is 595 g/mol. The smallest absolute Gasteiger partial charge is 0.408 e. The van der Waals surface area contributed by atoms with Gasteiger partial charge in [0.15, 0.2) is 0 Å². The molecular weight excluding hydrogens is 546 g/mol. The van der Waals surface area contributed by atoms with Gasteiger partial charge in [0.25, 0.3) is 0 Å². The van der Waals surface area contributed by atoms with Crippen LogP contribution in [0.25, 0.3) is 0 Å². The highest BCUT2D eigenvalue weighted by Crippen LogP contribution is 2.33. The molecule has 0 spiro atoms. The van der Waals surface area contributed by atoms with Crippen molar-refractivity contribution in [2.24, 2.45) is 0 Å². The molecule has 232 valence electrons. The van der Waals surface area contributed by atoms with Crippen LogP contribution in [0, 0.1) is 6.92 Å². The summed E-state index contributed by atoms with van der Waals surface area (Å²) < 4.78 is 10.4. The van der Waals surface area contributed by atoms with Gasteiger partial charge < -0.3 is 30.1 Å². The fraction of sp³-hybridized carbons (Fsp3) is 0.667. The summed E-state index contributed by atoms with van der Waals surface area (Å²) in [5.74, 6) is -0.950. The number of benzene rings is 1. The molecule has 10 nitrogen and oxygen atoms in total. The Hall–Kier alpha value is -2.95. The Morgan fingerprint density at radius 3 is 2.41 bits per heavy atom. The molecule has 0 heterocycles. The van der Waals surface area contributed by atoms with E-state index >= 15 is 0 Å². The lowest BCUT2D eigenvalue weighted by molar-refractivity contribution is -0.144. The molecule has 0 aliphatic rings. The molecule has 0 aliphatic heterocycles. The highest BCUT2D eigenvalue weighted by Gasteiger charge is 2.37. The Morgan fingerprint density at radius 1 is 1.10 bits per heavy atom. The first-order valence-electron chi connectivity index (χ1n) is 14.4. The van der Waals surface area contributed by atoms with E-state index in [-0.39, 0.29) is 37.4 Å². The van der Waals surface area contributed by atoms with E-state index in [2.05, 4.69) is 17.6 Å². The number of hydrogen-bond donors (Lipinski definition) is 3. The lowest BCUT2D eigenvalue weighted by atomic mass is 9.98. The number of hydrogen-bond acceptors (Lipinski definition) is 8. The largest absolute Gasteiger partial charge is 0.507 e. The second kappa shape index (κ2) is 18.5. The van der Waals surface area contributed by atoms with Crippen molar-refractivity contribution in [1.82, 2.24) is 15.5 Å². The van der Waals surface area contributed by atoms with Crippen molar-refractivity contribution in [3.8, 4) is 5.75 Å². The predicted molar refractivity (Wildman–Crippen MR) is 162 cm³/mol. The molecule has 41 heavy (non-hydrogen) atoms. The van der Waals surface area contributed by atoms with Crippen molar-refractivity contribution < 1.29 is 33.8 Å². The fourth-order valence-corrected chi connectivity index (χ4v) is 4.66. The van der Waals surface area contributed by atoms with Crippen LogP contribution < -0.4 is 10.6 Å². The second-order valence-electron chi connectivity index (χ2n) is 10.8. The van der Waals surface area contributed by atoms with E-state index < -0.39 is 41.6 Å². The highest BCUT2D eigenvalue weighted by atomic mass is 32.2. The van der Waals surface area contributed by atoms with Crippen LogP contribution in [-0.4, -0.2) is 77.2 Å². The third kappa shape index (κ3) is 13.1. The minimum absolute atomic E-state index is 0.00463. The summed E-state index contributed by atoms with van der Waals surface area (Å²) in [4.78, 5) is 54.0. The van der Waals surface area contributed by atoms with Crippen molar-refractivity contribution >= 4 is 35.6 Å². The number of aryl methyl sites for hydroxylation is 1. The Kier molecular flexibility index (Phi) is 16.3. The number of unbranched alkanes of at least 4 members (excludes halogenated alkanes) is 3. The van der Waals surface area contributed by atoms with Gasteiger partial charge in [-0.1, -0.05) is 44.4 Å². The summed E-state index contributed by atoms with van der Waals surface area (Å²) in [5.41, 5.74) is 0.0607. The normalized spacial score (nSPS) is 12.7. The van der Waals surface area contributed by atoms with E-state index in [4.69, 9.17) is 9.47 Å². The standard InChI is InChI=1S/C30H49N3O7S/c1-8-10-11-12-19-33(28(37)23(17-20-41-7)32-29(38)40-30(4,5)6)25(22-15-13-14-21(3)26(22)35)27(36)31-18-16-24(34)39-9-2/h13-15,23,25,35H,8-12,16-20H2,1-7H3,(H,31,36)(H,32,38). The minimum atomic E-state index is -1.19. The lowest BCUT2D eigenvalue weighted by Crippen LogP contribution is -2.53. The van der Waals surface area contributed by atoms with Crippen molar-refractivity contribution in [1.29, 1.82) is 0 Å². The number of aromatic hydroxyl groups is 1. The Balaban J connectivity index is 3.50. The molecule has 3 N–H and O–H groups in total. The van der Waals surface area contributed by atoms with Crippen molar-refractivity contribution in [3.05, 3.63) is 29.3 Å². The Bertz CT molecular complexity index is 997. The van der Waals surface area contributed by atoms with Crippen molar-refractivity contribution in [2.75, 3.05) is 31.7 Å². The second-order valence-corrected chi connectivity index (χ2v) is 11.8. The summed E-state index contributed by atoms with van der Waals surface area (Å²) in [6.45, 7) is 11.2. The van der Waals surface area contributed by atoms with Gasteiger partial charge in [0, 0.05) is 18.7 Å². The highest BCUT2D eigenvalue weighted by molar-refractivity contribution is 7.98. The van der Waals surface area contributed by atoms with E-state index in [1.807, 2.05) is 6.26 Å². The molecule has 1 rings (SSSR count). The summed E-state index contributed by atoms with van der Waals surface area (Å²) in [7, 11) is 0. The zero-order valence-electron chi connectivity index (χ0n) is 25.7. The number of rotatable bonds is 17. The third-order valence-corrected chi connectivity index (χ3v) is 6.84. The van der Waals surface area contributed by atoms with Gasteiger partial charge in [-0.05, 0) is 65.0 Å². The van der Waals surface area contributed by atoms with Crippen LogP contribution in [-0.2, 0) is 23.9 Å². The molecule has 1 aromatic rings. The number of amides is 3. The summed E-state index contributed by atoms with van der Waals surface area (Å²) in [6, 6.07) is 2.90. The molecule has 0 bridgehead atoms. The number of alkyl carbamates (subject to hydrolysis) is 1. The van der Waals surface area contributed by atoms with Crippen LogP contribution in [0.5, 0.6) is 5.75 Å². The first-order chi connectivity index (χ1) is 19.4. The maximum Gasteiger partial charge on any atom is 0.408 e. The number of esters is 1. The number of ether oxygens (including phenoxy) is 2. The maximum absolute atomic E-state index is 14.2. The number of para-hydroxylation sites is 1. The van der Waals surface area contributed by atoms with E-state index in [1.165, 1.54) is 16.7 Å². The molecule has 0 radical (unpaired) electrons. The SMILES string of the molecule is CCCCCCN(C(=O)C(CCSC)NC(=O)OC(C)(C)C)C(C(=O)NCCC(=O)OCC)c1cccc(C)c1O. The van der Waals surface area contributed by atoms with E-state index in [0.29, 0.717) is 24.2 Å². The molecule has 0 aliphatic carbocycles. The average molecular weight is 596 g/mol. The van der Waals surface area contributed by atoms with Gasteiger partial charge in [-0.2, -0.15) is 11.8 Å². The predicted octanol–water partition coefficient (Wildman–Crippen LogP) is 4.87. The quantitative estimate of drug-likeness (QED) is 0.172. The van der Waals surface area contributed by atoms with Crippen LogP contribution in [0.15, 0.2) is 18.2 Å². The van der Waals surface area contributed by atoms with Crippen LogP contribution in [0.1, 0.15) is 90.3 Å². The number of nitrogens with one attached hydrogen (secondary N) is 2. The number of carbonyl (C=O) groups is 4. The summed E-state index contributed by atoms with van der Waals surface area (Å²) in [6.07, 6.45) is 4.88. The third-order valence-electron chi connectivity index (χ3n) is 6.19. The molecule has 0 fully saturated rings. The van der Waals surface area contributed by atoms with Gasteiger partial charge in [-0.15, -0.1) is 0 Å². The minimum Gasteiger partial charge on any atom is -0.507 e. The fourth-order valence-electron chi connectivity index (χ4n) is 4.19. The molecule has 2 atom stereocenters. The van der Waals surface area contributed by atoms with Gasteiger partial charge in [0.1, 0.15) is 23.4 Å². The van der Waals surface area contributed by atoms with Gasteiger partial charge in [0.2, 0.25) is 11.8 Å². The van der Waals surface area contributed by atoms with Crippen LogP contribution in [0.2, 0.25) is 0 Å². The molecule has 0 saturated carbocycles. The molecule has 0 aromatic heterocycles. The van der Waals surface area contributed by atoms with Crippen LogP contribution in [0.3, 0.4) is 0 Å². The van der Waals surface area contributed by atoms with Gasteiger partial charge in [-0.25, -0.2) is 4.79 Å². The van der Waals surface area contributed by atoms with E-state index in [1.54, 1.807) is 52.8 Å². The van der Waals surface area contributed by atoms with Gasteiger partial charge in [0.05, 0.1) is 13.0 Å². The number of thioether (sulfide) groups is 1. The molecule has 2 unspecified atom stereocenters. The lowest BCUT2D eigenvalue weighted by Gasteiger charge is -2.35. The Labute approximate surface area is 249 Å². The topological polar surface area (TPSA) is 134 Å². The van der Waals surface area contributed by atoms with Crippen molar-refractivity contribution in [3.63, 3.8) is 0 Å². The maximum atomic E-state index is 14.2. The molecule has 0 saturated heterocycles. The molecular formula is C30H49N3O7S. The van der Waals surface area contributed by atoms with E-state index in [9.17, 15) is 24.3 Å². The molecule has 1 aromatic carbocycles. The number of nitrogens with zero attached hydrogens (tertiary/aromatic N) is 1. The van der Waals surface area contributed by atoms with Crippen LogP contribution in [0.4, 0.5) is 4.79 Å². The average Bonchev–Trinajstić information content (AvgIpc) is 2.89. The van der Waals surface area contributed by atoms with Crippen molar-refractivity contribution in [2.45, 2.75) is 97.8 Å². The first kappa shape index (κ1) is 36.1. The Morgan fingerprint density at radius 2 is 1.80 bits per heavy atom. The molecule has 11 heteroatoms. The summed E-state index contributed by atoms with van der Waals surface area (Å²) in [5, 5.41) is 16.5. The zero-order valence-corrected chi connectivity index (χ0v) is 26.5. The number of phenolic OH excluding ortho intramolecular Hbond substituents is 1. The zero-order chi connectivity index (χ0) is 31.0. The summed E-state index contributed by atoms with van der Waals surface area (Å²) >= 11 is 1.53. The van der Waals surface area contributed by atoms with E-state index in [0.717, 1.165) is 19.3 Å². The van der Waals surface area contributed by atoms with Crippen LogP contribution >= 0.6 is 11.8 Å². The number of phenols is 1. The van der Waals surface area contributed by atoms with Gasteiger partial charge in [-0.3, -0.25) is 14.4 Å².